The second-order valence-electron chi connectivity index (χ2n) is 4.68. The highest BCUT2D eigenvalue weighted by Gasteiger charge is 2.15. The molecule has 6 heteroatoms. The van der Waals surface area contributed by atoms with Crippen LogP contribution in [0.15, 0.2) is 42.5 Å². The topological polar surface area (TPSA) is 55.2 Å². The van der Waals surface area contributed by atoms with E-state index in [0.29, 0.717) is 17.1 Å². The second kappa shape index (κ2) is 6.65. The van der Waals surface area contributed by atoms with E-state index in [1.807, 2.05) is 6.92 Å². The predicted molar refractivity (Wildman–Crippen MR) is 79.8 cm³/mol. The van der Waals surface area contributed by atoms with E-state index >= 15 is 0 Å². The summed E-state index contributed by atoms with van der Waals surface area (Å²) in [6, 6.07) is 10.7. The summed E-state index contributed by atoms with van der Waals surface area (Å²) in [5, 5.41) is 14.5. The molecule has 2 aromatic carbocycles. The number of halogens is 2. The molecule has 0 bridgehead atoms. The molecule has 0 aromatic heterocycles. The zero-order valence-corrected chi connectivity index (χ0v) is 12.1. The maximum absolute atomic E-state index is 12.9. The first-order valence-electron chi connectivity index (χ1n) is 6.39. The number of hydrogen-bond donors (Lipinski definition) is 1. The molecule has 0 saturated carbocycles. The van der Waals surface area contributed by atoms with Crippen LogP contribution < -0.4 is 5.32 Å². The Balaban J connectivity index is 2.09. The van der Waals surface area contributed by atoms with Crippen molar-refractivity contribution in [2.45, 2.75) is 19.5 Å². The molecule has 0 aliphatic heterocycles. The molecule has 1 atom stereocenters. The number of rotatable bonds is 5. The highest BCUT2D eigenvalue weighted by Crippen LogP contribution is 2.24. The van der Waals surface area contributed by atoms with Crippen LogP contribution in [0.5, 0.6) is 0 Å². The molecule has 110 valence electrons. The van der Waals surface area contributed by atoms with Gasteiger partial charge < -0.3 is 5.32 Å². The number of nitro groups is 1. The van der Waals surface area contributed by atoms with E-state index in [2.05, 4.69) is 5.32 Å². The summed E-state index contributed by atoms with van der Waals surface area (Å²) < 4.78 is 12.9. The number of nitrogens with one attached hydrogen (secondary N) is 1. The van der Waals surface area contributed by atoms with E-state index < -0.39 is 4.92 Å². The highest BCUT2D eigenvalue weighted by molar-refractivity contribution is 6.30. The lowest BCUT2D eigenvalue weighted by Crippen LogP contribution is -2.18. The minimum atomic E-state index is -0.453. The average Bonchev–Trinajstić information content (AvgIpc) is 2.46. The lowest BCUT2D eigenvalue weighted by Gasteiger charge is -2.14. The molecule has 0 heterocycles. The Morgan fingerprint density at radius 1 is 1.29 bits per heavy atom. The third kappa shape index (κ3) is 4.00. The molecule has 0 amide bonds. The van der Waals surface area contributed by atoms with Gasteiger partial charge in [-0.3, -0.25) is 10.1 Å². The molecule has 0 aliphatic carbocycles. The summed E-state index contributed by atoms with van der Waals surface area (Å²) in [5.41, 5.74) is 1.45. The molecule has 2 aromatic rings. The number of benzene rings is 2. The minimum absolute atomic E-state index is 0.0127. The first kappa shape index (κ1) is 15.4. The van der Waals surface area contributed by atoms with Gasteiger partial charge in [0.1, 0.15) is 5.82 Å². The van der Waals surface area contributed by atoms with Crippen molar-refractivity contribution in [3.05, 3.63) is 74.5 Å². The van der Waals surface area contributed by atoms with E-state index in [1.165, 1.54) is 18.2 Å². The molecule has 0 aliphatic rings. The summed E-state index contributed by atoms with van der Waals surface area (Å²) in [6.45, 7) is 2.24. The van der Waals surface area contributed by atoms with Gasteiger partial charge in [0.2, 0.25) is 0 Å². The Morgan fingerprint density at radius 2 is 1.95 bits per heavy atom. The summed E-state index contributed by atoms with van der Waals surface area (Å²) in [7, 11) is 0. The van der Waals surface area contributed by atoms with Crippen LogP contribution in [0, 0.1) is 15.9 Å². The van der Waals surface area contributed by atoms with Gasteiger partial charge in [-0.05, 0) is 36.8 Å². The molecule has 21 heavy (non-hydrogen) atoms. The van der Waals surface area contributed by atoms with Gasteiger partial charge >= 0.3 is 0 Å². The molecule has 0 unspecified atom stereocenters. The normalized spacial score (nSPS) is 12.1. The van der Waals surface area contributed by atoms with Crippen LogP contribution in [0.25, 0.3) is 0 Å². The van der Waals surface area contributed by atoms with Crippen molar-refractivity contribution in [2.24, 2.45) is 0 Å². The van der Waals surface area contributed by atoms with E-state index in [-0.39, 0.29) is 17.5 Å². The van der Waals surface area contributed by atoms with E-state index in [0.717, 1.165) is 5.56 Å². The van der Waals surface area contributed by atoms with E-state index in [4.69, 9.17) is 11.6 Å². The largest absolute Gasteiger partial charge is 0.306 e. The quantitative estimate of drug-likeness (QED) is 0.664. The van der Waals surface area contributed by atoms with Crippen LogP contribution >= 0.6 is 11.6 Å². The number of nitrogens with zero attached hydrogens (tertiary/aromatic N) is 1. The van der Waals surface area contributed by atoms with Crippen molar-refractivity contribution in [1.29, 1.82) is 0 Å². The van der Waals surface area contributed by atoms with E-state index in [9.17, 15) is 14.5 Å². The van der Waals surface area contributed by atoms with Gasteiger partial charge in [0.15, 0.2) is 0 Å². The van der Waals surface area contributed by atoms with Crippen LogP contribution in [-0.2, 0) is 6.54 Å². The van der Waals surface area contributed by atoms with Crippen LogP contribution in [-0.4, -0.2) is 4.92 Å². The maximum Gasteiger partial charge on any atom is 0.275 e. The Labute approximate surface area is 126 Å². The predicted octanol–water partition coefficient (Wildman–Crippen LogP) is 4.24. The third-order valence-electron chi connectivity index (χ3n) is 3.21. The van der Waals surface area contributed by atoms with E-state index in [1.54, 1.807) is 24.3 Å². The Hall–Kier alpha value is -1.98. The Bertz CT molecular complexity index is 647. The van der Waals surface area contributed by atoms with Crippen molar-refractivity contribution in [2.75, 3.05) is 0 Å². The van der Waals surface area contributed by atoms with Crippen LogP contribution in [0.2, 0.25) is 5.02 Å². The van der Waals surface area contributed by atoms with Gasteiger partial charge in [-0.25, -0.2) is 4.39 Å². The summed E-state index contributed by atoms with van der Waals surface area (Å²) >= 11 is 5.77. The Morgan fingerprint density at radius 3 is 2.57 bits per heavy atom. The smallest absolute Gasteiger partial charge is 0.275 e. The first-order valence-corrected chi connectivity index (χ1v) is 6.77. The lowest BCUT2D eigenvalue weighted by molar-refractivity contribution is -0.385. The summed E-state index contributed by atoms with van der Waals surface area (Å²) in [6.07, 6.45) is 0. The van der Waals surface area contributed by atoms with Crippen LogP contribution in [0.1, 0.15) is 24.1 Å². The maximum atomic E-state index is 12.9. The molecule has 2 rings (SSSR count). The minimum Gasteiger partial charge on any atom is -0.306 e. The van der Waals surface area contributed by atoms with Crippen molar-refractivity contribution in [3.8, 4) is 0 Å². The molecule has 0 saturated heterocycles. The second-order valence-corrected chi connectivity index (χ2v) is 5.12. The molecule has 0 fully saturated rings. The first-order chi connectivity index (χ1) is 9.97. The monoisotopic (exact) mass is 308 g/mol. The SMILES string of the molecule is C[C@H](NCc1ccc(Cl)cc1[N+](=O)[O-])c1ccc(F)cc1. The lowest BCUT2D eigenvalue weighted by atomic mass is 10.1. The molecule has 4 nitrogen and oxygen atoms in total. The summed E-state index contributed by atoms with van der Waals surface area (Å²) in [5.74, 6) is -0.292. The van der Waals surface area contributed by atoms with Gasteiger partial charge in [0.05, 0.1) is 4.92 Å². The fraction of sp³-hybridized carbons (Fsp3) is 0.200. The molecule has 0 spiro atoms. The number of hydrogen-bond acceptors (Lipinski definition) is 3. The average molecular weight is 309 g/mol. The fourth-order valence-corrected chi connectivity index (χ4v) is 2.16. The summed E-state index contributed by atoms with van der Waals surface area (Å²) in [4.78, 5) is 10.6. The zero-order valence-electron chi connectivity index (χ0n) is 11.3. The molecular weight excluding hydrogens is 295 g/mol. The van der Waals surface area contributed by atoms with Gasteiger partial charge in [-0.1, -0.05) is 23.7 Å². The fourth-order valence-electron chi connectivity index (χ4n) is 1.99. The molecule has 0 radical (unpaired) electrons. The van der Waals surface area contributed by atoms with Crippen molar-refractivity contribution in [3.63, 3.8) is 0 Å². The standard InChI is InChI=1S/C15H14ClFN2O2/c1-10(11-3-6-14(17)7-4-11)18-9-12-2-5-13(16)8-15(12)19(20)21/h2-8,10,18H,9H2,1H3/t10-/m0/s1. The van der Waals surface area contributed by atoms with Gasteiger partial charge in [0, 0.05) is 29.2 Å². The van der Waals surface area contributed by atoms with Gasteiger partial charge in [-0.15, -0.1) is 0 Å². The Kier molecular flexibility index (Phi) is 4.88. The van der Waals surface area contributed by atoms with Crippen LogP contribution in [0.3, 0.4) is 0 Å². The van der Waals surface area contributed by atoms with Crippen molar-refractivity contribution >= 4 is 17.3 Å². The third-order valence-corrected chi connectivity index (χ3v) is 3.45. The highest BCUT2D eigenvalue weighted by atomic mass is 35.5. The van der Waals surface area contributed by atoms with Crippen molar-refractivity contribution in [1.82, 2.24) is 5.32 Å². The molecule has 1 N–H and O–H groups in total. The van der Waals surface area contributed by atoms with Gasteiger partial charge in [-0.2, -0.15) is 0 Å². The van der Waals surface area contributed by atoms with Gasteiger partial charge in [0.25, 0.3) is 5.69 Å². The molecular formula is C15H14ClFN2O2. The number of nitro benzene ring substituents is 1. The van der Waals surface area contributed by atoms with Crippen molar-refractivity contribution < 1.29 is 9.31 Å². The zero-order chi connectivity index (χ0) is 15.4. The van der Waals surface area contributed by atoms with Crippen LogP contribution in [0.4, 0.5) is 10.1 Å².